The predicted octanol–water partition coefficient (Wildman–Crippen LogP) is 2.26. The monoisotopic (exact) mass is 276 g/mol. The van der Waals surface area contributed by atoms with E-state index in [1.54, 1.807) is 0 Å². The van der Waals surface area contributed by atoms with Crippen molar-refractivity contribution < 1.29 is 0 Å². The molecule has 2 unspecified atom stereocenters. The Labute approximate surface area is 122 Å². The van der Waals surface area contributed by atoms with Crippen molar-refractivity contribution in [3.05, 3.63) is 17.5 Å². The highest BCUT2D eigenvalue weighted by Crippen LogP contribution is 2.27. The van der Waals surface area contributed by atoms with Gasteiger partial charge < -0.3 is 10.2 Å². The summed E-state index contributed by atoms with van der Waals surface area (Å²) in [4.78, 5) is 2.68. The fraction of sp³-hybridized carbons (Fsp3) is 0.812. The van der Waals surface area contributed by atoms with Crippen molar-refractivity contribution in [2.75, 3.05) is 13.1 Å². The minimum absolute atomic E-state index is 0.504. The van der Waals surface area contributed by atoms with E-state index >= 15 is 0 Å². The summed E-state index contributed by atoms with van der Waals surface area (Å²) in [5, 5.41) is 8.37. The van der Waals surface area contributed by atoms with E-state index in [0.29, 0.717) is 12.0 Å². The standard InChI is InChI=1S/C16H28N4/c1-12(2)16-13(11-19(3)18-16)10-17-14-6-8-20-7-4-5-15(20)9-14/h11-12,14-15,17H,4-10H2,1-3H3. The Bertz CT molecular complexity index is 451. The largest absolute Gasteiger partial charge is 0.310 e. The first-order valence-electron chi connectivity index (χ1n) is 8.13. The van der Waals surface area contributed by atoms with Crippen LogP contribution in [0.1, 0.15) is 56.7 Å². The molecule has 0 aromatic carbocycles. The van der Waals surface area contributed by atoms with E-state index in [1.165, 1.54) is 50.0 Å². The SMILES string of the molecule is CC(C)c1nn(C)cc1CNC1CCN2CCCC2C1. The number of hydrogen-bond acceptors (Lipinski definition) is 3. The summed E-state index contributed by atoms with van der Waals surface area (Å²) in [6.07, 6.45) is 7.61. The minimum atomic E-state index is 0.504. The summed E-state index contributed by atoms with van der Waals surface area (Å²) in [6.45, 7) is 8.04. The second-order valence-corrected chi connectivity index (χ2v) is 6.80. The molecule has 1 N–H and O–H groups in total. The van der Waals surface area contributed by atoms with Gasteiger partial charge in [-0.25, -0.2) is 0 Å². The molecule has 1 aromatic rings. The Morgan fingerprint density at radius 2 is 2.20 bits per heavy atom. The van der Waals surface area contributed by atoms with Crippen LogP contribution >= 0.6 is 0 Å². The molecule has 0 spiro atoms. The van der Waals surface area contributed by atoms with Crippen molar-refractivity contribution >= 4 is 0 Å². The molecular weight excluding hydrogens is 248 g/mol. The third-order valence-electron chi connectivity index (χ3n) is 4.89. The molecule has 0 aliphatic carbocycles. The van der Waals surface area contributed by atoms with Crippen LogP contribution in [0, 0.1) is 0 Å². The van der Waals surface area contributed by atoms with Gasteiger partial charge in [-0.3, -0.25) is 4.68 Å². The van der Waals surface area contributed by atoms with Crippen molar-refractivity contribution in [1.29, 1.82) is 0 Å². The minimum Gasteiger partial charge on any atom is -0.310 e. The van der Waals surface area contributed by atoms with E-state index in [-0.39, 0.29) is 0 Å². The van der Waals surface area contributed by atoms with Crippen molar-refractivity contribution in [3.63, 3.8) is 0 Å². The summed E-state index contributed by atoms with van der Waals surface area (Å²) in [5.41, 5.74) is 2.62. The smallest absolute Gasteiger partial charge is 0.0694 e. The number of hydrogen-bond donors (Lipinski definition) is 1. The van der Waals surface area contributed by atoms with Gasteiger partial charge in [0.1, 0.15) is 0 Å². The molecular formula is C16H28N4. The zero-order chi connectivity index (χ0) is 14.1. The second-order valence-electron chi connectivity index (χ2n) is 6.80. The molecule has 4 heteroatoms. The first-order valence-corrected chi connectivity index (χ1v) is 8.13. The van der Waals surface area contributed by atoms with Gasteiger partial charge in [-0.05, 0) is 44.7 Å². The van der Waals surface area contributed by atoms with E-state index < -0.39 is 0 Å². The number of rotatable bonds is 4. The van der Waals surface area contributed by atoms with Crippen LogP contribution in [0.15, 0.2) is 6.20 Å². The number of fused-ring (bicyclic) bond motifs is 1. The summed E-state index contributed by atoms with van der Waals surface area (Å²) in [5.74, 6) is 0.504. The average molecular weight is 276 g/mol. The van der Waals surface area contributed by atoms with E-state index in [1.807, 2.05) is 11.7 Å². The lowest BCUT2D eigenvalue weighted by Gasteiger charge is -2.35. The Kier molecular flexibility index (Phi) is 4.13. The molecule has 2 fully saturated rings. The highest BCUT2D eigenvalue weighted by atomic mass is 15.3. The molecule has 0 bridgehead atoms. The number of aryl methyl sites for hydroxylation is 1. The summed E-state index contributed by atoms with van der Waals surface area (Å²) < 4.78 is 1.95. The molecule has 112 valence electrons. The highest BCUT2D eigenvalue weighted by Gasteiger charge is 2.31. The van der Waals surface area contributed by atoms with E-state index in [2.05, 4.69) is 35.4 Å². The topological polar surface area (TPSA) is 33.1 Å². The van der Waals surface area contributed by atoms with Crippen LogP contribution in [-0.4, -0.2) is 39.9 Å². The van der Waals surface area contributed by atoms with E-state index in [9.17, 15) is 0 Å². The summed E-state index contributed by atoms with van der Waals surface area (Å²) >= 11 is 0. The fourth-order valence-corrected chi connectivity index (χ4v) is 3.84. The van der Waals surface area contributed by atoms with Gasteiger partial charge in [-0.15, -0.1) is 0 Å². The zero-order valence-electron chi connectivity index (χ0n) is 13.1. The Balaban J connectivity index is 1.57. The van der Waals surface area contributed by atoms with Crippen molar-refractivity contribution in [3.8, 4) is 0 Å². The second kappa shape index (κ2) is 5.86. The van der Waals surface area contributed by atoms with Gasteiger partial charge in [-0.1, -0.05) is 13.8 Å². The maximum Gasteiger partial charge on any atom is 0.0694 e. The van der Waals surface area contributed by atoms with Crippen LogP contribution in [-0.2, 0) is 13.6 Å². The van der Waals surface area contributed by atoms with Crippen LogP contribution in [0.3, 0.4) is 0 Å². The Morgan fingerprint density at radius 3 is 3.00 bits per heavy atom. The lowest BCUT2D eigenvalue weighted by atomic mass is 9.97. The Hall–Kier alpha value is -0.870. The van der Waals surface area contributed by atoms with Crippen molar-refractivity contribution in [1.82, 2.24) is 20.0 Å². The molecule has 1 aromatic heterocycles. The molecule has 3 rings (SSSR count). The third kappa shape index (κ3) is 2.91. The molecule has 3 heterocycles. The predicted molar refractivity (Wildman–Crippen MR) is 81.8 cm³/mol. The molecule has 2 aliphatic rings. The number of nitrogens with one attached hydrogen (secondary N) is 1. The zero-order valence-corrected chi connectivity index (χ0v) is 13.1. The van der Waals surface area contributed by atoms with E-state index in [4.69, 9.17) is 0 Å². The number of aromatic nitrogens is 2. The van der Waals surface area contributed by atoms with Crippen LogP contribution < -0.4 is 5.32 Å². The van der Waals surface area contributed by atoms with Gasteiger partial charge in [0, 0.05) is 37.4 Å². The van der Waals surface area contributed by atoms with Crippen LogP contribution in [0.4, 0.5) is 0 Å². The molecule has 2 aliphatic heterocycles. The van der Waals surface area contributed by atoms with E-state index in [0.717, 1.165) is 12.6 Å². The number of piperidine rings is 1. The molecule has 20 heavy (non-hydrogen) atoms. The van der Waals surface area contributed by atoms with Gasteiger partial charge in [0.2, 0.25) is 0 Å². The summed E-state index contributed by atoms with van der Waals surface area (Å²) in [6, 6.07) is 1.54. The lowest BCUT2D eigenvalue weighted by Crippen LogP contribution is -2.45. The Morgan fingerprint density at radius 1 is 1.35 bits per heavy atom. The first kappa shape index (κ1) is 14.1. The normalized spacial score (nSPS) is 27.2. The van der Waals surface area contributed by atoms with Gasteiger partial charge in [0.05, 0.1) is 5.69 Å². The maximum absolute atomic E-state index is 4.60. The quantitative estimate of drug-likeness (QED) is 0.916. The van der Waals surface area contributed by atoms with Crippen LogP contribution in [0.2, 0.25) is 0 Å². The fourth-order valence-electron chi connectivity index (χ4n) is 3.84. The van der Waals surface area contributed by atoms with Crippen LogP contribution in [0.25, 0.3) is 0 Å². The molecule has 0 saturated carbocycles. The van der Waals surface area contributed by atoms with Gasteiger partial charge in [0.15, 0.2) is 0 Å². The maximum atomic E-state index is 4.60. The molecule has 2 atom stereocenters. The van der Waals surface area contributed by atoms with Gasteiger partial charge in [-0.2, -0.15) is 5.10 Å². The molecule has 4 nitrogen and oxygen atoms in total. The summed E-state index contributed by atoms with van der Waals surface area (Å²) in [7, 11) is 2.02. The molecule has 0 amide bonds. The van der Waals surface area contributed by atoms with Crippen molar-refractivity contribution in [2.45, 2.75) is 64.1 Å². The third-order valence-corrected chi connectivity index (χ3v) is 4.89. The van der Waals surface area contributed by atoms with Crippen molar-refractivity contribution in [2.24, 2.45) is 7.05 Å². The lowest BCUT2D eigenvalue weighted by molar-refractivity contribution is 0.166. The van der Waals surface area contributed by atoms with Crippen LogP contribution in [0.5, 0.6) is 0 Å². The number of nitrogens with zero attached hydrogens (tertiary/aromatic N) is 3. The molecule has 2 saturated heterocycles. The first-order chi connectivity index (χ1) is 9.63. The van der Waals surface area contributed by atoms with Gasteiger partial charge >= 0.3 is 0 Å². The highest BCUT2D eigenvalue weighted by molar-refractivity contribution is 5.20. The molecule has 0 radical (unpaired) electrons. The average Bonchev–Trinajstić information content (AvgIpc) is 3.01. The van der Waals surface area contributed by atoms with Gasteiger partial charge in [0.25, 0.3) is 0 Å².